The van der Waals surface area contributed by atoms with Gasteiger partial charge in [-0.3, -0.25) is 4.79 Å². The van der Waals surface area contributed by atoms with Crippen LogP contribution in [-0.4, -0.2) is 35.2 Å². The maximum atomic E-state index is 11.6. The molecule has 1 aromatic rings. The fraction of sp³-hybridized carbons (Fsp3) is 0.500. The fourth-order valence-electron chi connectivity index (χ4n) is 1.22. The van der Waals surface area contributed by atoms with Crippen LogP contribution in [0.2, 0.25) is 0 Å². The third-order valence-corrected chi connectivity index (χ3v) is 3.31. The number of aliphatic hydroxyl groups excluding tert-OH is 1. The molecular formula is C10H15NO3S. The Morgan fingerprint density at radius 3 is 2.93 bits per heavy atom. The predicted octanol–water partition coefficient (Wildman–Crippen LogP) is 1.12. The van der Waals surface area contributed by atoms with Crippen LogP contribution in [0.15, 0.2) is 22.8 Å². The molecule has 0 aliphatic heterocycles. The van der Waals surface area contributed by atoms with E-state index in [-0.39, 0.29) is 23.8 Å². The lowest BCUT2D eigenvalue weighted by atomic mass is 10.2. The first-order valence-corrected chi connectivity index (χ1v) is 5.95. The topological polar surface area (TPSA) is 62.5 Å². The highest BCUT2D eigenvalue weighted by atomic mass is 32.2. The Kier molecular flexibility index (Phi) is 4.71. The van der Waals surface area contributed by atoms with Crippen molar-refractivity contribution in [3.63, 3.8) is 0 Å². The van der Waals surface area contributed by atoms with Crippen LogP contribution in [0.25, 0.3) is 0 Å². The molecule has 1 amide bonds. The van der Waals surface area contributed by atoms with Crippen LogP contribution in [-0.2, 0) is 0 Å². The van der Waals surface area contributed by atoms with Crippen LogP contribution in [0.4, 0.5) is 0 Å². The van der Waals surface area contributed by atoms with Gasteiger partial charge in [0.1, 0.15) is 0 Å². The Balaban J connectivity index is 2.51. The molecule has 0 radical (unpaired) electrons. The number of hydrogen-bond acceptors (Lipinski definition) is 4. The highest BCUT2D eigenvalue weighted by Gasteiger charge is 2.19. The van der Waals surface area contributed by atoms with Crippen molar-refractivity contribution >= 4 is 17.7 Å². The minimum absolute atomic E-state index is 0.00362. The monoisotopic (exact) mass is 229 g/mol. The summed E-state index contributed by atoms with van der Waals surface area (Å²) in [6, 6.07) is 3.18. The molecule has 5 heteroatoms. The molecule has 1 heterocycles. The summed E-state index contributed by atoms with van der Waals surface area (Å²) in [7, 11) is 0. The minimum Gasteiger partial charge on any atom is -0.459 e. The van der Waals surface area contributed by atoms with Gasteiger partial charge in [-0.25, -0.2) is 0 Å². The molecule has 0 bridgehead atoms. The molecule has 2 atom stereocenters. The highest BCUT2D eigenvalue weighted by molar-refractivity contribution is 7.99. The molecule has 15 heavy (non-hydrogen) atoms. The Hall–Kier alpha value is -0.940. The van der Waals surface area contributed by atoms with Crippen LogP contribution in [0, 0.1) is 0 Å². The normalized spacial score (nSPS) is 14.6. The van der Waals surface area contributed by atoms with Crippen LogP contribution in [0.1, 0.15) is 17.5 Å². The molecule has 0 aliphatic carbocycles. The molecule has 2 N–H and O–H groups in total. The van der Waals surface area contributed by atoms with Gasteiger partial charge in [-0.2, -0.15) is 11.8 Å². The molecule has 1 rings (SSSR count). The van der Waals surface area contributed by atoms with Crippen molar-refractivity contribution in [3.05, 3.63) is 24.2 Å². The van der Waals surface area contributed by atoms with E-state index in [0.29, 0.717) is 5.76 Å². The van der Waals surface area contributed by atoms with E-state index < -0.39 is 0 Å². The molecule has 1 aromatic heterocycles. The van der Waals surface area contributed by atoms with Crippen molar-refractivity contribution in [2.24, 2.45) is 0 Å². The SMILES string of the molecule is CSC(CO)C(C)NC(=O)c1ccco1. The number of carbonyl (C=O) groups excluding carboxylic acids is 1. The Bertz CT molecular complexity index is 296. The Labute approximate surface area is 93.0 Å². The molecule has 0 saturated heterocycles. The zero-order valence-corrected chi connectivity index (χ0v) is 9.58. The zero-order valence-electron chi connectivity index (χ0n) is 8.77. The van der Waals surface area contributed by atoms with Gasteiger partial charge < -0.3 is 14.8 Å². The van der Waals surface area contributed by atoms with Crippen LogP contribution >= 0.6 is 11.8 Å². The van der Waals surface area contributed by atoms with Gasteiger partial charge in [0.25, 0.3) is 5.91 Å². The maximum Gasteiger partial charge on any atom is 0.287 e. The smallest absolute Gasteiger partial charge is 0.287 e. The van der Waals surface area contributed by atoms with E-state index in [1.807, 2.05) is 13.2 Å². The van der Waals surface area contributed by atoms with Crippen molar-refractivity contribution < 1.29 is 14.3 Å². The Morgan fingerprint density at radius 1 is 1.73 bits per heavy atom. The Morgan fingerprint density at radius 2 is 2.47 bits per heavy atom. The lowest BCUT2D eigenvalue weighted by Gasteiger charge is -2.20. The molecule has 0 spiro atoms. The van der Waals surface area contributed by atoms with E-state index >= 15 is 0 Å². The van der Waals surface area contributed by atoms with Crippen LogP contribution in [0.3, 0.4) is 0 Å². The molecule has 4 nitrogen and oxygen atoms in total. The first kappa shape index (κ1) is 12.1. The lowest BCUT2D eigenvalue weighted by molar-refractivity contribution is 0.0908. The van der Waals surface area contributed by atoms with Gasteiger partial charge in [0.15, 0.2) is 5.76 Å². The quantitative estimate of drug-likeness (QED) is 0.794. The predicted molar refractivity (Wildman–Crippen MR) is 60.0 cm³/mol. The first-order chi connectivity index (χ1) is 7.19. The third kappa shape index (κ3) is 3.28. The van der Waals surface area contributed by atoms with Gasteiger partial charge in [0.05, 0.1) is 12.9 Å². The minimum atomic E-state index is -0.250. The van der Waals surface area contributed by atoms with E-state index in [9.17, 15) is 4.79 Å². The van der Waals surface area contributed by atoms with E-state index in [2.05, 4.69) is 5.32 Å². The average molecular weight is 229 g/mol. The number of thioether (sulfide) groups is 1. The first-order valence-electron chi connectivity index (χ1n) is 4.67. The number of amides is 1. The maximum absolute atomic E-state index is 11.6. The lowest BCUT2D eigenvalue weighted by Crippen LogP contribution is -2.41. The van der Waals surface area contributed by atoms with Crippen molar-refractivity contribution in [1.29, 1.82) is 0 Å². The molecular weight excluding hydrogens is 214 g/mol. The van der Waals surface area contributed by atoms with Crippen molar-refractivity contribution in [3.8, 4) is 0 Å². The summed E-state index contributed by atoms with van der Waals surface area (Å²) in [5.41, 5.74) is 0. The summed E-state index contributed by atoms with van der Waals surface area (Å²) in [6.45, 7) is 1.90. The number of carbonyl (C=O) groups is 1. The zero-order chi connectivity index (χ0) is 11.3. The van der Waals surface area contributed by atoms with Gasteiger partial charge >= 0.3 is 0 Å². The second-order valence-electron chi connectivity index (χ2n) is 3.20. The van der Waals surface area contributed by atoms with Crippen molar-refractivity contribution in [2.75, 3.05) is 12.9 Å². The van der Waals surface area contributed by atoms with E-state index in [1.54, 1.807) is 12.1 Å². The van der Waals surface area contributed by atoms with E-state index in [0.717, 1.165) is 0 Å². The molecule has 0 aromatic carbocycles. The number of hydrogen-bond donors (Lipinski definition) is 2. The van der Waals surface area contributed by atoms with Gasteiger partial charge in [-0.15, -0.1) is 0 Å². The standard InChI is InChI=1S/C10H15NO3S/c1-7(9(6-12)15-2)11-10(13)8-4-3-5-14-8/h3-5,7,9,12H,6H2,1-2H3,(H,11,13). The van der Waals surface area contributed by atoms with Crippen molar-refractivity contribution in [2.45, 2.75) is 18.2 Å². The number of aliphatic hydroxyl groups is 1. The average Bonchev–Trinajstić information content (AvgIpc) is 2.72. The van der Waals surface area contributed by atoms with Gasteiger partial charge in [-0.1, -0.05) is 0 Å². The van der Waals surface area contributed by atoms with Gasteiger partial charge in [0, 0.05) is 11.3 Å². The number of furan rings is 1. The van der Waals surface area contributed by atoms with Crippen LogP contribution < -0.4 is 5.32 Å². The van der Waals surface area contributed by atoms with Crippen LogP contribution in [0.5, 0.6) is 0 Å². The summed E-state index contributed by atoms with van der Waals surface area (Å²) in [6.07, 6.45) is 3.36. The van der Waals surface area contributed by atoms with Gasteiger partial charge in [-0.05, 0) is 25.3 Å². The van der Waals surface area contributed by atoms with Gasteiger partial charge in [0.2, 0.25) is 0 Å². The molecule has 0 saturated carbocycles. The molecule has 0 fully saturated rings. The highest BCUT2D eigenvalue weighted by Crippen LogP contribution is 2.11. The molecule has 84 valence electrons. The van der Waals surface area contributed by atoms with E-state index in [4.69, 9.17) is 9.52 Å². The second-order valence-corrected chi connectivity index (χ2v) is 4.27. The van der Waals surface area contributed by atoms with E-state index in [1.165, 1.54) is 18.0 Å². The summed E-state index contributed by atoms with van der Waals surface area (Å²) in [4.78, 5) is 11.6. The second kappa shape index (κ2) is 5.82. The summed E-state index contributed by atoms with van der Waals surface area (Å²) >= 11 is 1.52. The molecule has 0 aliphatic rings. The summed E-state index contributed by atoms with van der Waals surface area (Å²) in [5.74, 6) is 0.0413. The largest absolute Gasteiger partial charge is 0.459 e. The fourth-order valence-corrected chi connectivity index (χ4v) is 1.84. The summed E-state index contributed by atoms with van der Waals surface area (Å²) < 4.78 is 4.96. The number of rotatable bonds is 5. The number of nitrogens with one attached hydrogen (secondary N) is 1. The third-order valence-electron chi connectivity index (χ3n) is 2.14. The summed E-state index contributed by atoms with van der Waals surface area (Å²) in [5, 5.41) is 11.8. The molecule has 2 unspecified atom stereocenters. The van der Waals surface area contributed by atoms with Crippen molar-refractivity contribution in [1.82, 2.24) is 5.32 Å².